The van der Waals surface area contributed by atoms with Gasteiger partial charge in [-0.05, 0) is 31.1 Å². The van der Waals surface area contributed by atoms with Gasteiger partial charge in [0.1, 0.15) is 0 Å². The monoisotopic (exact) mass is 243 g/mol. The number of carbonyl (C=O) groups excluding carboxylic acids is 1. The van der Waals surface area contributed by atoms with Crippen molar-refractivity contribution in [1.29, 1.82) is 0 Å². The number of halogens is 1. The fraction of sp³-hybridized carbons (Fsp3) is 0.923. The summed E-state index contributed by atoms with van der Waals surface area (Å²) in [6.45, 7) is 3.84. The van der Waals surface area contributed by atoms with E-state index in [1.807, 2.05) is 11.8 Å². The topological polar surface area (TPSA) is 20.3 Å². The van der Waals surface area contributed by atoms with E-state index in [2.05, 4.69) is 0 Å². The highest BCUT2D eigenvalue weighted by Crippen LogP contribution is 2.46. The van der Waals surface area contributed by atoms with Crippen LogP contribution in [0.1, 0.15) is 45.4 Å². The fourth-order valence-electron chi connectivity index (χ4n) is 3.20. The van der Waals surface area contributed by atoms with E-state index in [0.29, 0.717) is 11.3 Å². The number of piperidine rings is 1. The molecule has 0 aromatic carbocycles. The quantitative estimate of drug-likeness (QED) is 0.683. The Kier molecular flexibility index (Phi) is 3.78. The molecular weight excluding hydrogens is 222 g/mol. The van der Waals surface area contributed by atoms with Crippen LogP contribution in [-0.2, 0) is 4.79 Å². The maximum absolute atomic E-state index is 12.0. The van der Waals surface area contributed by atoms with Gasteiger partial charge < -0.3 is 4.90 Å². The second-order valence-electron chi connectivity index (χ2n) is 5.59. The first-order valence-corrected chi connectivity index (χ1v) is 7.05. The molecule has 3 heteroatoms. The van der Waals surface area contributed by atoms with E-state index in [1.54, 1.807) is 0 Å². The van der Waals surface area contributed by atoms with Crippen LogP contribution < -0.4 is 0 Å². The number of hydrogen-bond donors (Lipinski definition) is 0. The number of likely N-dealkylation sites (tertiary alicyclic amines) is 1. The van der Waals surface area contributed by atoms with Crippen molar-refractivity contribution in [3.63, 3.8) is 0 Å². The summed E-state index contributed by atoms with van der Waals surface area (Å²) in [5.74, 6) is 0.683. The summed E-state index contributed by atoms with van der Waals surface area (Å²) < 4.78 is 0. The number of nitrogens with zero attached hydrogens (tertiary/aromatic N) is 1. The standard InChI is InChI=1S/C13H22ClNO/c1-11(10-14)12(16)15-8-6-13(7-9-15)4-2-3-5-13/h11H,2-10H2,1H3. The lowest BCUT2D eigenvalue weighted by molar-refractivity contribution is -0.136. The van der Waals surface area contributed by atoms with Crippen LogP contribution in [0.15, 0.2) is 0 Å². The number of alkyl halides is 1. The van der Waals surface area contributed by atoms with Crippen molar-refractivity contribution in [2.24, 2.45) is 11.3 Å². The van der Waals surface area contributed by atoms with Gasteiger partial charge in [-0.2, -0.15) is 0 Å². The van der Waals surface area contributed by atoms with Crippen LogP contribution in [0.5, 0.6) is 0 Å². The van der Waals surface area contributed by atoms with Crippen molar-refractivity contribution in [1.82, 2.24) is 4.90 Å². The van der Waals surface area contributed by atoms with Crippen molar-refractivity contribution >= 4 is 17.5 Å². The van der Waals surface area contributed by atoms with Gasteiger partial charge in [-0.25, -0.2) is 0 Å². The zero-order valence-electron chi connectivity index (χ0n) is 10.2. The van der Waals surface area contributed by atoms with Gasteiger partial charge in [0, 0.05) is 24.9 Å². The molecule has 1 spiro atoms. The Bertz CT molecular complexity index is 251. The predicted molar refractivity (Wildman–Crippen MR) is 66.6 cm³/mol. The molecule has 0 aromatic heterocycles. The van der Waals surface area contributed by atoms with E-state index in [9.17, 15) is 4.79 Å². The zero-order chi connectivity index (χ0) is 11.6. The molecular formula is C13H22ClNO. The third-order valence-corrected chi connectivity index (χ3v) is 4.92. The van der Waals surface area contributed by atoms with Gasteiger partial charge in [0.15, 0.2) is 0 Å². The maximum Gasteiger partial charge on any atom is 0.226 e. The minimum absolute atomic E-state index is 0.0145. The van der Waals surface area contributed by atoms with E-state index in [4.69, 9.17) is 11.6 Å². The Morgan fingerprint density at radius 1 is 1.25 bits per heavy atom. The predicted octanol–water partition coefficient (Wildman–Crippen LogP) is 3.04. The SMILES string of the molecule is CC(CCl)C(=O)N1CCC2(CCCC2)CC1. The first kappa shape index (κ1) is 12.2. The molecule has 1 heterocycles. The van der Waals surface area contributed by atoms with E-state index in [1.165, 1.54) is 38.5 Å². The third kappa shape index (κ3) is 2.37. The van der Waals surface area contributed by atoms with E-state index in [-0.39, 0.29) is 11.8 Å². The highest BCUT2D eigenvalue weighted by molar-refractivity contribution is 6.19. The summed E-state index contributed by atoms with van der Waals surface area (Å²) in [5, 5.41) is 0. The third-order valence-electron chi connectivity index (χ3n) is 4.45. The summed E-state index contributed by atoms with van der Waals surface area (Å²) in [6.07, 6.45) is 8.00. The van der Waals surface area contributed by atoms with Crippen LogP contribution in [0.4, 0.5) is 0 Å². The van der Waals surface area contributed by atoms with Gasteiger partial charge in [-0.15, -0.1) is 11.6 Å². The fourth-order valence-corrected chi connectivity index (χ4v) is 3.34. The van der Waals surface area contributed by atoms with E-state index < -0.39 is 0 Å². The molecule has 1 unspecified atom stereocenters. The van der Waals surface area contributed by atoms with Crippen LogP contribution >= 0.6 is 11.6 Å². The minimum atomic E-state index is -0.0145. The molecule has 2 nitrogen and oxygen atoms in total. The van der Waals surface area contributed by atoms with E-state index in [0.717, 1.165) is 13.1 Å². The maximum atomic E-state index is 12.0. The van der Waals surface area contributed by atoms with Crippen LogP contribution in [0.25, 0.3) is 0 Å². The van der Waals surface area contributed by atoms with Crippen molar-refractivity contribution in [2.45, 2.75) is 45.4 Å². The average molecular weight is 244 g/mol. The molecule has 0 aromatic rings. The highest BCUT2D eigenvalue weighted by atomic mass is 35.5. The average Bonchev–Trinajstić information content (AvgIpc) is 2.77. The normalized spacial score (nSPS) is 26.0. The van der Waals surface area contributed by atoms with Gasteiger partial charge >= 0.3 is 0 Å². The number of carbonyl (C=O) groups is 1. The van der Waals surface area contributed by atoms with Crippen molar-refractivity contribution in [3.8, 4) is 0 Å². The lowest BCUT2D eigenvalue weighted by Crippen LogP contribution is -2.44. The summed E-state index contributed by atoms with van der Waals surface area (Å²) >= 11 is 5.74. The van der Waals surface area contributed by atoms with Crippen molar-refractivity contribution in [2.75, 3.05) is 19.0 Å². The molecule has 16 heavy (non-hydrogen) atoms. The van der Waals surface area contributed by atoms with Gasteiger partial charge in [0.25, 0.3) is 0 Å². The molecule has 1 saturated carbocycles. The molecule has 1 aliphatic heterocycles. The summed E-state index contributed by atoms with van der Waals surface area (Å²) in [4.78, 5) is 14.0. The van der Waals surface area contributed by atoms with Crippen LogP contribution in [0.2, 0.25) is 0 Å². The second kappa shape index (κ2) is 4.95. The highest BCUT2D eigenvalue weighted by Gasteiger charge is 2.38. The Morgan fingerprint density at radius 2 is 1.81 bits per heavy atom. The Labute approximate surface area is 103 Å². The Morgan fingerprint density at radius 3 is 2.31 bits per heavy atom. The van der Waals surface area contributed by atoms with Crippen molar-refractivity contribution in [3.05, 3.63) is 0 Å². The lowest BCUT2D eigenvalue weighted by Gasteiger charge is -2.40. The van der Waals surface area contributed by atoms with Gasteiger partial charge in [0.05, 0.1) is 0 Å². The molecule has 1 saturated heterocycles. The largest absolute Gasteiger partial charge is 0.342 e. The van der Waals surface area contributed by atoms with Gasteiger partial charge in [-0.3, -0.25) is 4.79 Å². The smallest absolute Gasteiger partial charge is 0.226 e. The first-order chi connectivity index (χ1) is 7.67. The number of hydrogen-bond acceptors (Lipinski definition) is 1. The Hall–Kier alpha value is -0.240. The molecule has 2 rings (SSSR count). The summed E-state index contributed by atoms with van der Waals surface area (Å²) in [5.41, 5.74) is 0.598. The molecule has 1 atom stereocenters. The van der Waals surface area contributed by atoms with Gasteiger partial charge in [-0.1, -0.05) is 19.8 Å². The Balaban J connectivity index is 1.87. The molecule has 92 valence electrons. The van der Waals surface area contributed by atoms with Gasteiger partial charge in [0.2, 0.25) is 5.91 Å². The first-order valence-electron chi connectivity index (χ1n) is 6.52. The van der Waals surface area contributed by atoms with Crippen molar-refractivity contribution < 1.29 is 4.79 Å². The lowest BCUT2D eigenvalue weighted by atomic mass is 9.77. The molecule has 0 N–H and O–H groups in total. The number of amides is 1. The van der Waals surface area contributed by atoms with Crippen LogP contribution in [0, 0.1) is 11.3 Å². The molecule has 0 bridgehead atoms. The zero-order valence-corrected chi connectivity index (χ0v) is 10.9. The summed E-state index contributed by atoms with van der Waals surface area (Å²) in [7, 11) is 0. The van der Waals surface area contributed by atoms with Crippen LogP contribution in [0.3, 0.4) is 0 Å². The molecule has 1 aliphatic carbocycles. The second-order valence-corrected chi connectivity index (χ2v) is 5.90. The molecule has 1 amide bonds. The molecule has 2 aliphatic rings. The minimum Gasteiger partial charge on any atom is -0.342 e. The van der Waals surface area contributed by atoms with E-state index >= 15 is 0 Å². The van der Waals surface area contributed by atoms with Crippen LogP contribution in [-0.4, -0.2) is 29.8 Å². The molecule has 2 fully saturated rings. The number of rotatable bonds is 2. The summed E-state index contributed by atoms with van der Waals surface area (Å²) in [6, 6.07) is 0. The molecule has 0 radical (unpaired) electrons.